The smallest absolute Gasteiger partial charge is 0.196 e. The molecular formula is C20H19N7O. The number of hydrogen-bond donors (Lipinski definition) is 2. The minimum atomic E-state index is 0.369. The van der Waals surface area contributed by atoms with Crippen molar-refractivity contribution in [3.63, 3.8) is 0 Å². The van der Waals surface area contributed by atoms with Gasteiger partial charge in [-0.15, -0.1) is 0 Å². The molecule has 0 fully saturated rings. The summed E-state index contributed by atoms with van der Waals surface area (Å²) in [6.07, 6.45) is 3.40. The lowest BCUT2D eigenvalue weighted by atomic mass is 10.1. The number of aromatic amines is 1. The first-order valence-corrected chi connectivity index (χ1v) is 8.61. The van der Waals surface area contributed by atoms with Crippen LogP contribution in [0, 0.1) is 0 Å². The first-order valence-electron chi connectivity index (χ1n) is 8.61. The summed E-state index contributed by atoms with van der Waals surface area (Å²) < 4.78 is 5.20. The second-order valence-corrected chi connectivity index (χ2v) is 6.15. The van der Waals surface area contributed by atoms with E-state index < -0.39 is 0 Å². The lowest BCUT2D eigenvalue weighted by Crippen LogP contribution is -2.31. The third kappa shape index (κ3) is 3.40. The maximum atomic E-state index is 6.30. The van der Waals surface area contributed by atoms with E-state index >= 15 is 0 Å². The number of hydrazine groups is 1. The molecule has 0 saturated heterocycles. The lowest BCUT2D eigenvalue weighted by molar-refractivity contribution is 0.415. The number of aromatic nitrogens is 4. The van der Waals surface area contributed by atoms with Gasteiger partial charge in [0.15, 0.2) is 11.6 Å². The number of fused-ring (bicyclic) bond motifs is 1. The molecule has 140 valence electrons. The summed E-state index contributed by atoms with van der Waals surface area (Å²) in [5, 5.41) is 1.49. The minimum Gasteiger partial charge on any atom is -0.497 e. The Kier molecular flexibility index (Phi) is 4.69. The Labute approximate surface area is 161 Å². The van der Waals surface area contributed by atoms with Crippen molar-refractivity contribution in [2.24, 2.45) is 10.8 Å². The largest absolute Gasteiger partial charge is 0.497 e. The Balaban J connectivity index is 1.65. The van der Waals surface area contributed by atoms with Crippen molar-refractivity contribution in [2.75, 3.05) is 12.1 Å². The molecule has 0 atom stereocenters. The van der Waals surface area contributed by atoms with E-state index in [1.807, 2.05) is 42.5 Å². The molecule has 3 aromatic heterocycles. The molecule has 0 aliphatic rings. The molecule has 8 heteroatoms. The first-order chi connectivity index (χ1) is 13.7. The van der Waals surface area contributed by atoms with Gasteiger partial charge >= 0.3 is 0 Å². The third-order valence-electron chi connectivity index (χ3n) is 4.33. The molecule has 0 amide bonds. The molecule has 8 nitrogen and oxygen atoms in total. The highest BCUT2D eigenvalue weighted by Gasteiger charge is 2.15. The zero-order valence-corrected chi connectivity index (χ0v) is 15.3. The van der Waals surface area contributed by atoms with Crippen LogP contribution in [0.2, 0.25) is 0 Å². The maximum absolute atomic E-state index is 6.30. The van der Waals surface area contributed by atoms with Gasteiger partial charge in [0.05, 0.1) is 36.6 Å². The number of nitrogens with zero attached hydrogens (tertiary/aromatic N) is 5. The van der Waals surface area contributed by atoms with Crippen molar-refractivity contribution in [3.8, 4) is 17.0 Å². The van der Waals surface area contributed by atoms with Gasteiger partial charge in [-0.3, -0.25) is 9.99 Å². The van der Waals surface area contributed by atoms with Gasteiger partial charge in [0.25, 0.3) is 0 Å². The topological polar surface area (TPSA) is 105 Å². The molecular weight excluding hydrogens is 354 g/mol. The third-order valence-corrected chi connectivity index (χ3v) is 4.33. The molecule has 0 aliphatic heterocycles. The molecule has 28 heavy (non-hydrogen) atoms. The number of aliphatic imine (C=N–C) groups is 1. The molecule has 0 unspecified atom stereocenters. The Morgan fingerprint density at radius 2 is 2.04 bits per heavy atom. The molecule has 0 saturated carbocycles. The number of methoxy groups -OCH3 is 1. The maximum Gasteiger partial charge on any atom is 0.196 e. The van der Waals surface area contributed by atoms with E-state index in [9.17, 15) is 0 Å². The van der Waals surface area contributed by atoms with Crippen molar-refractivity contribution >= 4 is 29.4 Å². The summed E-state index contributed by atoms with van der Waals surface area (Å²) >= 11 is 0. The van der Waals surface area contributed by atoms with E-state index in [2.05, 4.69) is 31.6 Å². The van der Waals surface area contributed by atoms with E-state index in [4.69, 9.17) is 10.6 Å². The summed E-state index contributed by atoms with van der Waals surface area (Å²) in [5.41, 5.74) is 4.31. The van der Waals surface area contributed by atoms with Crippen molar-refractivity contribution < 1.29 is 4.74 Å². The molecule has 0 aliphatic carbocycles. The zero-order chi connectivity index (χ0) is 19.5. The van der Waals surface area contributed by atoms with E-state index in [0.717, 1.165) is 28.0 Å². The van der Waals surface area contributed by atoms with E-state index in [1.54, 1.807) is 19.5 Å². The van der Waals surface area contributed by atoms with Gasteiger partial charge in [-0.2, -0.15) is 0 Å². The number of benzene rings is 1. The Hall–Kier alpha value is -3.78. The summed E-state index contributed by atoms with van der Waals surface area (Å²) in [4.78, 5) is 20.6. The van der Waals surface area contributed by atoms with Crippen LogP contribution in [0.4, 0.5) is 11.6 Å². The minimum absolute atomic E-state index is 0.369. The van der Waals surface area contributed by atoms with Crippen LogP contribution in [-0.4, -0.2) is 33.8 Å². The summed E-state index contributed by atoms with van der Waals surface area (Å²) in [5.74, 6) is 7.88. The van der Waals surface area contributed by atoms with Gasteiger partial charge in [0, 0.05) is 17.5 Å². The van der Waals surface area contributed by atoms with Gasteiger partial charge < -0.3 is 9.72 Å². The Morgan fingerprint density at radius 1 is 1.21 bits per heavy atom. The number of rotatable bonds is 6. The van der Waals surface area contributed by atoms with Crippen molar-refractivity contribution in [3.05, 3.63) is 60.6 Å². The highest BCUT2D eigenvalue weighted by Crippen LogP contribution is 2.28. The zero-order valence-electron chi connectivity index (χ0n) is 15.3. The lowest BCUT2D eigenvalue weighted by Gasteiger charge is -2.18. The van der Waals surface area contributed by atoms with Crippen LogP contribution in [0.5, 0.6) is 5.75 Å². The highest BCUT2D eigenvalue weighted by atomic mass is 16.5. The van der Waals surface area contributed by atoms with Crippen molar-refractivity contribution in [1.29, 1.82) is 0 Å². The van der Waals surface area contributed by atoms with Crippen LogP contribution < -0.4 is 15.6 Å². The molecule has 0 bridgehead atoms. The number of H-pyrrole nitrogens is 1. The van der Waals surface area contributed by atoms with E-state index in [0.29, 0.717) is 23.9 Å². The number of anilines is 1. The molecule has 4 rings (SSSR count). The number of nitrogens with one attached hydrogen (secondary N) is 1. The summed E-state index contributed by atoms with van der Waals surface area (Å²) in [7, 11) is 1.63. The molecule has 4 aromatic rings. The van der Waals surface area contributed by atoms with Gasteiger partial charge in [0.2, 0.25) is 0 Å². The van der Waals surface area contributed by atoms with Gasteiger partial charge in [0.1, 0.15) is 5.75 Å². The van der Waals surface area contributed by atoms with E-state index in [-0.39, 0.29) is 0 Å². The quantitative estimate of drug-likeness (QED) is 0.305. The predicted molar refractivity (Wildman–Crippen MR) is 110 cm³/mol. The van der Waals surface area contributed by atoms with Crippen LogP contribution in [-0.2, 0) is 6.54 Å². The SMILES string of the molecule is C=Nc1ncc(-c2ccc(OC)cc2)nc1N(N)Cc1cc2ncccc2[nH]1. The van der Waals surface area contributed by atoms with Crippen LogP contribution >= 0.6 is 0 Å². The standard InChI is InChI=1S/C20H19N7O/c1-22-19-20(26-18(11-24-19)13-5-7-15(28-2)8-6-13)27(21)12-14-10-17-16(25-14)4-3-9-23-17/h3-11,25H,1,12,21H2,2H3. The average Bonchev–Trinajstić information content (AvgIpc) is 3.15. The monoisotopic (exact) mass is 373 g/mol. The van der Waals surface area contributed by atoms with E-state index in [1.165, 1.54) is 5.01 Å². The van der Waals surface area contributed by atoms with Crippen LogP contribution in [0.25, 0.3) is 22.3 Å². The van der Waals surface area contributed by atoms with Crippen LogP contribution in [0.15, 0.2) is 59.9 Å². The molecule has 0 spiro atoms. The van der Waals surface area contributed by atoms with Crippen molar-refractivity contribution in [1.82, 2.24) is 19.9 Å². The molecule has 3 N–H and O–H groups in total. The highest BCUT2D eigenvalue weighted by molar-refractivity contribution is 5.76. The van der Waals surface area contributed by atoms with Crippen LogP contribution in [0.3, 0.4) is 0 Å². The van der Waals surface area contributed by atoms with Gasteiger partial charge in [-0.1, -0.05) is 0 Å². The second-order valence-electron chi connectivity index (χ2n) is 6.15. The fraction of sp³-hybridized carbons (Fsp3) is 0.100. The Bertz CT molecular complexity index is 1090. The average molecular weight is 373 g/mol. The normalized spacial score (nSPS) is 10.8. The molecule has 1 aromatic carbocycles. The van der Waals surface area contributed by atoms with Gasteiger partial charge in [-0.05, 0) is 49.2 Å². The second kappa shape index (κ2) is 7.45. The predicted octanol–water partition coefficient (Wildman–Crippen LogP) is 3.24. The number of ether oxygens (including phenoxy) is 1. The molecule has 0 radical (unpaired) electrons. The van der Waals surface area contributed by atoms with Gasteiger partial charge in [-0.25, -0.2) is 20.8 Å². The van der Waals surface area contributed by atoms with Crippen molar-refractivity contribution in [2.45, 2.75) is 6.54 Å². The Morgan fingerprint density at radius 3 is 2.75 bits per heavy atom. The fourth-order valence-corrected chi connectivity index (χ4v) is 2.93. The number of nitrogens with two attached hydrogens (primary N) is 1. The first kappa shape index (κ1) is 17.6. The summed E-state index contributed by atoms with van der Waals surface area (Å²) in [6.45, 7) is 3.96. The number of pyridine rings is 1. The number of hydrogen-bond acceptors (Lipinski definition) is 7. The fourth-order valence-electron chi connectivity index (χ4n) is 2.93. The van der Waals surface area contributed by atoms with Crippen LogP contribution in [0.1, 0.15) is 5.69 Å². The molecule has 3 heterocycles. The summed E-state index contributed by atoms with van der Waals surface area (Å²) in [6, 6.07) is 13.4.